The minimum absolute atomic E-state index is 0.439. The van der Waals surface area contributed by atoms with Crippen molar-refractivity contribution in [2.24, 2.45) is 16.5 Å². The van der Waals surface area contributed by atoms with Crippen molar-refractivity contribution in [3.8, 4) is 0 Å². The Balaban J connectivity index is 3.62. The fourth-order valence-corrected chi connectivity index (χ4v) is 0.511. The maximum absolute atomic E-state index is 5.34. The van der Waals surface area contributed by atoms with E-state index in [0.29, 0.717) is 6.54 Å². The van der Waals surface area contributed by atoms with Gasteiger partial charge in [0.1, 0.15) is 0 Å². The Morgan fingerprint density at radius 1 is 1.55 bits per heavy atom. The van der Waals surface area contributed by atoms with E-state index in [2.05, 4.69) is 11.6 Å². The molecule has 0 spiro atoms. The second kappa shape index (κ2) is 7.02. The average molecular weight is 153 g/mol. The summed E-state index contributed by atoms with van der Waals surface area (Å²) in [7, 11) is 0. The maximum atomic E-state index is 5.34. The molecule has 0 aliphatic carbocycles. The van der Waals surface area contributed by atoms with Gasteiger partial charge >= 0.3 is 0 Å². The van der Waals surface area contributed by atoms with Gasteiger partial charge in [-0.1, -0.05) is 6.08 Å². The van der Waals surface area contributed by atoms with E-state index in [1.807, 2.05) is 6.08 Å². The molecule has 4 N–H and O–H groups in total. The van der Waals surface area contributed by atoms with Gasteiger partial charge < -0.3 is 11.5 Å². The van der Waals surface area contributed by atoms with Gasteiger partial charge in [0.15, 0.2) is 0 Å². The number of hydrogen-bond acceptors (Lipinski definition) is 3. The molecule has 3 heteroatoms. The molecule has 0 aromatic rings. The third-order valence-corrected chi connectivity index (χ3v) is 1.17. The monoisotopic (exact) mass is 153 g/mol. The van der Waals surface area contributed by atoms with Crippen LogP contribution >= 0.6 is 0 Å². The lowest BCUT2D eigenvalue weighted by molar-refractivity contribution is 1.01. The van der Waals surface area contributed by atoms with Crippen LogP contribution in [0.4, 0.5) is 0 Å². The zero-order valence-electron chi connectivity index (χ0n) is 6.66. The van der Waals surface area contributed by atoms with Gasteiger partial charge in [-0.3, -0.25) is 4.99 Å². The Morgan fingerprint density at radius 2 is 2.27 bits per heavy atom. The minimum atomic E-state index is 0.439. The molecule has 0 radical (unpaired) electrons. The van der Waals surface area contributed by atoms with Gasteiger partial charge in [0, 0.05) is 19.3 Å². The van der Waals surface area contributed by atoms with E-state index in [1.165, 1.54) is 6.20 Å². The van der Waals surface area contributed by atoms with Crippen molar-refractivity contribution >= 4 is 6.21 Å². The molecule has 0 unspecified atom stereocenters. The van der Waals surface area contributed by atoms with Crippen LogP contribution in [-0.4, -0.2) is 19.3 Å². The second-order valence-corrected chi connectivity index (χ2v) is 2.06. The third kappa shape index (κ3) is 5.36. The minimum Gasteiger partial charge on any atom is -0.404 e. The van der Waals surface area contributed by atoms with Crippen LogP contribution in [0.1, 0.15) is 6.42 Å². The molecular formula is C8H15N3. The van der Waals surface area contributed by atoms with Crippen LogP contribution < -0.4 is 11.5 Å². The van der Waals surface area contributed by atoms with Crippen molar-refractivity contribution in [1.29, 1.82) is 0 Å². The maximum Gasteiger partial charge on any atom is 0.0423 e. The van der Waals surface area contributed by atoms with Crippen molar-refractivity contribution in [2.45, 2.75) is 6.42 Å². The summed E-state index contributed by atoms with van der Waals surface area (Å²) in [5, 5.41) is 0. The molecule has 0 saturated heterocycles. The lowest BCUT2D eigenvalue weighted by Crippen LogP contribution is -2.06. The van der Waals surface area contributed by atoms with Gasteiger partial charge in [0.25, 0.3) is 0 Å². The van der Waals surface area contributed by atoms with E-state index in [-0.39, 0.29) is 0 Å². The SMILES string of the molecule is C=CCCN=CC(=CN)CN. The molecule has 0 amide bonds. The van der Waals surface area contributed by atoms with E-state index in [9.17, 15) is 0 Å². The van der Waals surface area contributed by atoms with E-state index in [0.717, 1.165) is 18.5 Å². The van der Waals surface area contributed by atoms with Gasteiger partial charge in [0.2, 0.25) is 0 Å². The summed E-state index contributed by atoms with van der Waals surface area (Å²) in [4.78, 5) is 4.08. The van der Waals surface area contributed by atoms with Crippen LogP contribution in [0.25, 0.3) is 0 Å². The Bertz CT molecular complexity index is 159. The van der Waals surface area contributed by atoms with E-state index in [1.54, 1.807) is 6.21 Å². The zero-order chi connectivity index (χ0) is 8.53. The highest BCUT2D eigenvalue weighted by Crippen LogP contribution is 1.85. The summed E-state index contributed by atoms with van der Waals surface area (Å²) in [5.74, 6) is 0. The summed E-state index contributed by atoms with van der Waals surface area (Å²) in [6, 6.07) is 0. The Morgan fingerprint density at radius 3 is 2.73 bits per heavy atom. The normalized spacial score (nSPS) is 12.3. The summed E-state index contributed by atoms with van der Waals surface area (Å²) in [5.41, 5.74) is 11.4. The number of aliphatic imine (C=N–C) groups is 1. The second-order valence-electron chi connectivity index (χ2n) is 2.06. The molecule has 0 saturated carbocycles. The first-order valence-corrected chi connectivity index (χ1v) is 3.56. The van der Waals surface area contributed by atoms with Gasteiger partial charge in [-0.2, -0.15) is 0 Å². The number of nitrogens with two attached hydrogens (primary N) is 2. The summed E-state index contributed by atoms with van der Waals surface area (Å²) in [6.45, 7) is 4.77. The summed E-state index contributed by atoms with van der Waals surface area (Å²) in [6.07, 6.45) is 5.88. The Kier molecular flexibility index (Phi) is 6.33. The molecule has 0 rings (SSSR count). The van der Waals surface area contributed by atoms with E-state index in [4.69, 9.17) is 11.5 Å². The largest absolute Gasteiger partial charge is 0.404 e. The molecule has 0 aromatic heterocycles. The molecule has 62 valence electrons. The first-order chi connectivity index (χ1) is 5.35. The van der Waals surface area contributed by atoms with Gasteiger partial charge in [-0.05, 0) is 18.2 Å². The highest BCUT2D eigenvalue weighted by molar-refractivity contribution is 5.78. The van der Waals surface area contributed by atoms with Crippen molar-refractivity contribution in [1.82, 2.24) is 0 Å². The van der Waals surface area contributed by atoms with Crippen molar-refractivity contribution in [3.05, 3.63) is 24.4 Å². The van der Waals surface area contributed by atoms with Gasteiger partial charge in [-0.15, -0.1) is 6.58 Å². The van der Waals surface area contributed by atoms with E-state index >= 15 is 0 Å². The van der Waals surface area contributed by atoms with Crippen LogP contribution in [-0.2, 0) is 0 Å². The molecule has 11 heavy (non-hydrogen) atoms. The first kappa shape index (κ1) is 9.91. The number of rotatable bonds is 5. The molecule has 0 aliphatic rings. The topological polar surface area (TPSA) is 64.4 Å². The first-order valence-electron chi connectivity index (χ1n) is 3.56. The summed E-state index contributed by atoms with van der Waals surface area (Å²) >= 11 is 0. The highest BCUT2D eigenvalue weighted by atomic mass is 14.7. The molecule has 3 nitrogen and oxygen atoms in total. The van der Waals surface area contributed by atoms with Crippen molar-refractivity contribution < 1.29 is 0 Å². The predicted octanol–water partition coefficient (Wildman–Crippen LogP) is 0.435. The smallest absolute Gasteiger partial charge is 0.0423 e. The van der Waals surface area contributed by atoms with Gasteiger partial charge in [0.05, 0.1) is 0 Å². The third-order valence-electron chi connectivity index (χ3n) is 1.17. The Hall–Kier alpha value is -1.09. The molecule has 0 aliphatic heterocycles. The van der Waals surface area contributed by atoms with Crippen LogP contribution in [0, 0.1) is 0 Å². The number of hydrogen-bond donors (Lipinski definition) is 2. The van der Waals surface area contributed by atoms with Gasteiger partial charge in [-0.25, -0.2) is 0 Å². The predicted molar refractivity (Wildman–Crippen MR) is 49.5 cm³/mol. The molecule has 0 aromatic carbocycles. The van der Waals surface area contributed by atoms with Crippen LogP contribution in [0.2, 0.25) is 0 Å². The fraction of sp³-hybridized carbons (Fsp3) is 0.375. The molecule has 0 heterocycles. The standard InChI is InChI=1S/C8H15N3/c1-2-3-4-11-7-8(5-9)6-10/h2,5,7H,1,3-4,6,9-10H2. The highest BCUT2D eigenvalue weighted by Gasteiger charge is 1.84. The summed E-state index contributed by atoms with van der Waals surface area (Å²) < 4.78 is 0. The van der Waals surface area contributed by atoms with Crippen LogP contribution in [0.5, 0.6) is 0 Å². The molecule has 0 fully saturated rings. The molecule has 0 bridgehead atoms. The zero-order valence-corrected chi connectivity index (χ0v) is 6.66. The lowest BCUT2D eigenvalue weighted by atomic mass is 10.3. The van der Waals surface area contributed by atoms with Crippen LogP contribution in [0.3, 0.4) is 0 Å². The van der Waals surface area contributed by atoms with Crippen molar-refractivity contribution in [3.63, 3.8) is 0 Å². The number of nitrogens with zero attached hydrogens (tertiary/aromatic N) is 1. The lowest BCUT2D eigenvalue weighted by Gasteiger charge is -1.92. The van der Waals surface area contributed by atoms with Crippen LogP contribution in [0.15, 0.2) is 29.4 Å². The quantitative estimate of drug-likeness (QED) is 0.342. The molecular weight excluding hydrogens is 138 g/mol. The average Bonchev–Trinajstić information content (AvgIpc) is 2.05. The fourth-order valence-electron chi connectivity index (χ4n) is 0.511. The molecule has 0 atom stereocenters. The van der Waals surface area contributed by atoms with E-state index < -0.39 is 0 Å². The Labute approximate surface area is 67.5 Å². The van der Waals surface area contributed by atoms with Crippen molar-refractivity contribution in [2.75, 3.05) is 13.1 Å².